The molecule has 2 heterocycles. The van der Waals surface area contributed by atoms with E-state index in [4.69, 9.17) is 10.3 Å². The number of anilines is 1. The van der Waals surface area contributed by atoms with E-state index in [-0.39, 0.29) is 0 Å². The third kappa shape index (κ3) is 1.89. The molecule has 3 rings (SSSR count). The molecule has 0 aliphatic heterocycles. The van der Waals surface area contributed by atoms with Crippen molar-refractivity contribution < 1.29 is 4.52 Å². The van der Waals surface area contributed by atoms with Gasteiger partial charge in [0.2, 0.25) is 5.82 Å². The zero-order valence-corrected chi connectivity index (χ0v) is 10.6. The van der Waals surface area contributed by atoms with E-state index in [0.717, 1.165) is 21.7 Å². The zero-order valence-electron chi connectivity index (χ0n) is 9.75. The smallest absolute Gasteiger partial charge is 0.258 e. The largest absolute Gasteiger partial charge is 0.399 e. The van der Waals surface area contributed by atoms with Gasteiger partial charge >= 0.3 is 0 Å². The first-order valence-electron chi connectivity index (χ1n) is 5.48. The maximum Gasteiger partial charge on any atom is 0.258 e. The van der Waals surface area contributed by atoms with Crippen LogP contribution in [0.25, 0.3) is 22.2 Å². The Kier molecular flexibility index (Phi) is 2.60. The Hall–Kier alpha value is -2.14. The first kappa shape index (κ1) is 11.0. The number of nitrogen functional groups attached to an aromatic ring is 1. The number of nitrogens with two attached hydrogens (primary N) is 1. The fraction of sp³-hybridized carbons (Fsp3) is 0.0769. The Morgan fingerprint density at radius 3 is 2.89 bits per heavy atom. The molecule has 0 radical (unpaired) electrons. The number of hydrogen-bond donors (Lipinski definition) is 1. The van der Waals surface area contributed by atoms with Crippen LogP contribution in [0.4, 0.5) is 5.69 Å². The maximum atomic E-state index is 5.78. The molecule has 1 aromatic carbocycles. The van der Waals surface area contributed by atoms with Crippen LogP contribution in [-0.4, -0.2) is 10.1 Å². The van der Waals surface area contributed by atoms with Crippen LogP contribution < -0.4 is 5.73 Å². The summed E-state index contributed by atoms with van der Waals surface area (Å²) in [5.41, 5.74) is 8.43. The van der Waals surface area contributed by atoms with Gasteiger partial charge in [0, 0.05) is 11.3 Å². The van der Waals surface area contributed by atoms with Crippen LogP contribution in [0.15, 0.2) is 40.2 Å². The molecule has 18 heavy (non-hydrogen) atoms. The van der Waals surface area contributed by atoms with Crippen molar-refractivity contribution in [2.45, 2.75) is 6.92 Å². The van der Waals surface area contributed by atoms with E-state index in [0.29, 0.717) is 11.7 Å². The Labute approximate surface area is 108 Å². The van der Waals surface area contributed by atoms with Crippen LogP contribution in [0, 0.1) is 6.92 Å². The second kappa shape index (κ2) is 4.27. The number of thiophene rings is 1. The summed E-state index contributed by atoms with van der Waals surface area (Å²) in [5.74, 6) is 1.14. The highest BCUT2D eigenvalue weighted by Crippen LogP contribution is 2.26. The molecule has 0 amide bonds. The van der Waals surface area contributed by atoms with Crippen LogP contribution in [0.5, 0.6) is 0 Å². The van der Waals surface area contributed by atoms with E-state index in [1.165, 1.54) is 0 Å². The first-order valence-corrected chi connectivity index (χ1v) is 6.36. The average Bonchev–Trinajstić information content (AvgIpc) is 3.01. The summed E-state index contributed by atoms with van der Waals surface area (Å²) in [6.07, 6.45) is 0. The third-order valence-corrected chi connectivity index (χ3v) is 3.55. The molecule has 0 aliphatic carbocycles. The molecule has 3 aromatic rings. The predicted molar refractivity (Wildman–Crippen MR) is 72.2 cm³/mol. The van der Waals surface area contributed by atoms with Gasteiger partial charge in [-0.1, -0.05) is 11.2 Å². The van der Waals surface area contributed by atoms with Crippen LogP contribution in [0.1, 0.15) is 5.56 Å². The second-order valence-electron chi connectivity index (χ2n) is 3.97. The lowest BCUT2D eigenvalue weighted by Gasteiger charge is -2.00. The molecule has 2 N–H and O–H groups in total. The Bertz CT molecular complexity index is 673. The molecule has 2 aromatic heterocycles. The number of rotatable bonds is 2. The predicted octanol–water partition coefficient (Wildman–Crippen LogP) is 3.36. The number of benzene rings is 1. The minimum Gasteiger partial charge on any atom is -0.399 e. The second-order valence-corrected chi connectivity index (χ2v) is 4.92. The fourth-order valence-electron chi connectivity index (χ4n) is 1.66. The van der Waals surface area contributed by atoms with Gasteiger partial charge in [0.15, 0.2) is 0 Å². The van der Waals surface area contributed by atoms with Crippen LogP contribution in [-0.2, 0) is 0 Å². The lowest BCUT2D eigenvalue weighted by Crippen LogP contribution is -1.89. The van der Waals surface area contributed by atoms with Crippen LogP contribution in [0.2, 0.25) is 0 Å². The van der Waals surface area contributed by atoms with Gasteiger partial charge in [0.1, 0.15) is 0 Å². The van der Waals surface area contributed by atoms with E-state index >= 15 is 0 Å². The average molecular weight is 257 g/mol. The summed E-state index contributed by atoms with van der Waals surface area (Å²) in [6, 6.07) is 9.60. The molecule has 4 nitrogen and oxygen atoms in total. The third-order valence-electron chi connectivity index (χ3n) is 2.68. The van der Waals surface area contributed by atoms with Gasteiger partial charge in [0.05, 0.1) is 4.88 Å². The van der Waals surface area contributed by atoms with Gasteiger partial charge in [-0.25, -0.2) is 0 Å². The Morgan fingerprint density at radius 1 is 1.28 bits per heavy atom. The Balaban J connectivity index is 2.00. The molecule has 0 aliphatic rings. The topological polar surface area (TPSA) is 64.9 Å². The summed E-state index contributed by atoms with van der Waals surface area (Å²) in [4.78, 5) is 5.38. The van der Waals surface area contributed by atoms with Crippen molar-refractivity contribution in [2.75, 3.05) is 5.73 Å². The van der Waals surface area contributed by atoms with Crippen LogP contribution in [0.3, 0.4) is 0 Å². The SMILES string of the molecule is Cc1cc(-c2nc(-c3cccs3)no2)ccc1N. The van der Waals surface area contributed by atoms with E-state index in [1.807, 2.05) is 42.6 Å². The first-order chi connectivity index (χ1) is 8.74. The minimum atomic E-state index is 0.515. The van der Waals surface area contributed by atoms with Gasteiger partial charge in [-0.15, -0.1) is 11.3 Å². The molecule has 0 saturated heterocycles. The van der Waals surface area contributed by atoms with Gasteiger partial charge in [-0.3, -0.25) is 0 Å². The molecule has 0 bridgehead atoms. The summed E-state index contributed by atoms with van der Waals surface area (Å²) in [5, 5.41) is 5.97. The number of nitrogens with zero attached hydrogens (tertiary/aromatic N) is 2. The molecule has 0 fully saturated rings. The number of hydrogen-bond acceptors (Lipinski definition) is 5. The molecular formula is C13H11N3OS. The highest BCUT2D eigenvalue weighted by molar-refractivity contribution is 7.13. The Morgan fingerprint density at radius 2 is 2.17 bits per heavy atom. The molecule has 0 spiro atoms. The highest BCUT2D eigenvalue weighted by atomic mass is 32.1. The summed E-state index contributed by atoms with van der Waals surface area (Å²) in [6.45, 7) is 1.95. The normalized spacial score (nSPS) is 10.7. The standard InChI is InChI=1S/C13H11N3OS/c1-8-7-9(4-5-10(8)14)13-15-12(16-17-13)11-3-2-6-18-11/h2-7H,14H2,1H3. The van der Waals surface area contributed by atoms with Crippen molar-refractivity contribution in [3.63, 3.8) is 0 Å². The number of aromatic nitrogens is 2. The van der Waals surface area contributed by atoms with Gasteiger partial charge in [-0.05, 0) is 42.1 Å². The van der Waals surface area contributed by atoms with Gasteiger partial charge in [0.25, 0.3) is 5.89 Å². The molecule has 5 heteroatoms. The van der Waals surface area contributed by atoms with Crippen molar-refractivity contribution in [3.05, 3.63) is 41.3 Å². The molecule has 0 unspecified atom stereocenters. The van der Waals surface area contributed by atoms with E-state index in [9.17, 15) is 0 Å². The molecule has 0 saturated carbocycles. The van der Waals surface area contributed by atoms with E-state index in [2.05, 4.69) is 10.1 Å². The minimum absolute atomic E-state index is 0.515. The lowest BCUT2D eigenvalue weighted by atomic mass is 10.1. The van der Waals surface area contributed by atoms with Gasteiger partial charge in [-0.2, -0.15) is 4.98 Å². The zero-order chi connectivity index (χ0) is 12.5. The summed E-state index contributed by atoms with van der Waals surface area (Å²) >= 11 is 1.59. The van der Waals surface area contributed by atoms with Crippen molar-refractivity contribution in [2.24, 2.45) is 0 Å². The van der Waals surface area contributed by atoms with Crippen molar-refractivity contribution >= 4 is 17.0 Å². The fourth-order valence-corrected chi connectivity index (χ4v) is 2.30. The van der Waals surface area contributed by atoms with E-state index < -0.39 is 0 Å². The van der Waals surface area contributed by atoms with Crippen molar-refractivity contribution in [1.82, 2.24) is 10.1 Å². The monoisotopic (exact) mass is 257 g/mol. The van der Waals surface area contributed by atoms with Gasteiger partial charge < -0.3 is 10.3 Å². The summed E-state index contributed by atoms with van der Waals surface area (Å²) in [7, 11) is 0. The molecule has 0 atom stereocenters. The summed E-state index contributed by atoms with van der Waals surface area (Å²) < 4.78 is 5.27. The lowest BCUT2D eigenvalue weighted by molar-refractivity contribution is 0.432. The number of aryl methyl sites for hydroxylation is 1. The van der Waals surface area contributed by atoms with Crippen LogP contribution >= 0.6 is 11.3 Å². The quantitative estimate of drug-likeness (QED) is 0.715. The highest BCUT2D eigenvalue weighted by Gasteiger charge is 2.11. The van der Waals surface area contributed by atoms with Crippen molar-refractivity contribution in [1.29, 1.82) is 0 Å². The van der Waals surface area contributed by atoms with Crippen molar-refractivity contribution in [3.8, 4) is 22.2 Å². The molecular weight excluding hydrogens is 246 g/mol. The maximum absolute atomic E-state index is 5.78. The van der Waals surface area contributed by atoms with E-state index in [1.54, 1.807) is 11.3 Å². The molecule has 90 valence electrons.